The van der Waals surface area contributed by atoms with Gasteiger partial charge in [-0.1, -0.05) is 18.2 Å². The molecule has 3 aromatic rings. The van der Waals surface area contributed by atoms with Gasteiger partial charge in [0.25, 0.3) is 5.91 Å². The van der Waals surface area contributed by atoms with Gasteiger partial charge in [0.15, 0.2) is 6.54 Å². The maximum Gasteiger partial charge on any atom is 0.279 e. The van der Waals surface area contributed by atoms with Crippen LogP contribution in [0.5, 0.6) is 0 Å². The zero-order chi connectivity index (χ0) is 18.8. The van der Waals surface area contributed by atoms with E-state index >= 15 is 0 Å². The number of anilines is 1. The Bertz CT molecular complexity index is 930. The molecule has 2 N–H and O–H groups in total. The van der Waals surface area contributed by atoms with Crippen LogP contribution in [-0.2, 0) is 4.79 Å². The number of hydrogen-bond acceptors (Lipinski definition) is 3. The Morgan fingerprint density at radius 1 is 1.26 bits per heavy atom. The van der Waals surface area contributed by atoms with Crippen LogP contribution in [0.25, 0.3) is 10.2 Å². The van der Waals surface area contributed by atoms with Crippen LogP contribution in [0.4, 0.5) is 10.1 Å². The predicted molar refractivity (Wildman–Crippen MR) is 107 cm³/mol. The molecule has 0 unspecified atom stereocenters. The molecule has 1 saturated heterocycles. The summed E-state index contributed by atoms with van der Waals surface area (Å²) in [5.74, 6) is -0.0390. The second kappa shape index (κ2) is 7.74. The molecular weight excluding hydrogens is 361 g/mol. The van der Waals surface area contributed by atoms with E-state index in [1.165, 1.54) is 20.7 Å². The van der Waals surface area contributed by atoms with Crippen LogP contribution < -0.4 is 10.2 Å². The highest BCUT2D eigenvalue weighted by Gasteiger charge is 2.27. The SMILES string of the molecule is Cc1ccc(NC(=O)C[NH+]2CCC(c3nc4ccccc4s3)CC2)c(F)c1. The monoisotopic (exact) mass is 384 g/mol. The largest absolute Gasteiger partial charge is 0.327 e. The van der Waals surface area contributed by atoms with E-state index in [0.29, 0.717) is 12.5 Å². The van der Waals surface area contributed by atoms with Crippen LogP contribution >= 0.6 is 11.3 Å². The van der Waals surface area contributed by atoms with Crippen LogP contribution in [0.15, 0.2) is 42.5 Å². The second-order valence-electron chi connectivity index (χ2n) is 7.25. The third kappa shape index (κ3) is 4.17. The molecule has 2 heterocycles. The van der Waals surface area contributed by atoms with Crippen molar-refractivity contribution in [2.45, 2.75) is 25.7 Å². The number of carbonyl (C=O) groups is 1. The van der Waals surface area contributed by atoms with Gasteiger partial charge in [-0.15, -0.1) is 11.3 Å². The Morgan fingerprint density at radius 2 is 2.04 bits per heavy atom. The molecule has 1 amide bonds. The normalized spacial score (nSPS) is 19.9. The average molecular weight is 385 g/mol. The predicted octanol–water partition coefficient (Wildman–Crippen LogP) is 3.14. The fourth-order valence-electron chi connectivity index (χ4n) is 3.66. The van der Waals surface area contributed by atoms with Crippen molar-refractivity contribution in [2.24, 2.45) is 0 Å². The van der Waals surface area contributed by atoms with Gasteiger partial charge < -0.3 is 10.2 Å². The standard InChI is InChI=1S/C21H22FN3OS/c1-14-6-7-17(16(22)12-14)23-20(26)13-25-10-8-15(9-11-25)21-24-18-4-2-3-5-19(18)27-21/h2-7,12,15H,8-11,13H2,1H3,(H,23,26)/p+1. The van der Waals surface area contributed by atoms with Crippen LogP contribution in [-0.4, -0.2) is 30.5 Å². The first kappa shape index (κ1) is 18.1. The van der Waals surface area contributed by atoms with Gasteiger partial charge in [-0.3, -0.25) is 4.79 Å². The van der Waals surface area contributed by atoms with E-state index in [4.69, 9.17) is 4.98 Å². The number of carbonyl (C=O) groups excluding carboxylic acids is 1. The van der Waals surface area contributed by atoms with Gasteiger partial charge in [-0.25, -0.2) is 9.37 Å². The Balaban J connectivity index is 1.31. The number of thiazole rings is 1. The van der Waals surface area contributed by atoms with Crippen LogP contribution in [0, 0.1) is 12.7 Å². The lowest BCUT2D eigenvalue weighted by molar-refractivity contribution is -0.897. The first-order chi connectivity index (χ1) is 13.1. The molecule has 2 aromatic carbocycles. The number of rotatable bonds is 4. The van der Waals surface area contributed by atoms with Crippen molar-refractivity contribution >= 4 is 33.1 Å². The maximum atomic E-state index is 13.9. The van der Waals surface area contributed by atoms with Crippen molar-refractivity contribution in [3.63, 3.8) is 0 Å². The molecule has 6 heteroatoms. The number of fused-ring (bicyclic) bond motifs is 1. The minimum absolute atomic E-state index is 0.133. The molecule has 4 rings (SSSR count). The van der Waals surface area contributed by atoms with Crippen molar-refractivity contribution in [3.8, 4) is 0 Å². The zero-order valence-electron chi connectivity index (χ0n) is 15.3. The van der Waals surface area contributed by atoms with Gasteiger partial charge in [0.05, 0.1) is 34.0 Å². The summed E-state index contributed by atoms with van der Waals surface area (Å²) in [5, 5.41) is 3.91. The van der Waals surface area contributed by atoms with Gasteiger partial charge >= 0.3 is 0 Å². The number of nitrogens with one attached hydrogen (secondary N) is 2. The number of hydrogen-bond donors (Lipinski definition) is 2. The molecular formula is C21H23FN3OS+. The van der Waals surface area contributed by atoms with E-state index in [-0.39, 0.29) is 17.4 Å². The number of aryl methyl sites for hydroxylation is 1. The number of nitrogens with zero attached hydrogens (tertiary/aromatic N) is 1. The molecule has 1 fully saturated rings. The van der Waals surface area contributed by atoms with Gasteiger partial charge in [0.1, 0.15) is 5.82 Å². The van der Waals surface area contributed by atoms with E-state index in [0.717, 1.165) is 37.0 Å². The molecule has 27 heavy (non-hydrogen) atoms. The molecule has 0 spiro atoms. The van der Waals surface area contributed by atoms with Crippen molar-refractivity contribution < 1.29 is 14.1 Å². The molecule has 1 aromatic heterocycles. The Kier molecular flexibility index (Phi) is 5.18. The summed E-state index contributed by atoms with van der Waals surface area (Å²) < 4.78 is 15.1. The van der Waals surface area contributed by atoms with E-state index in [1.807, 2.05) is 19.1 Å². The van der Waals surface area contributed by atoms with Crippen LogP contribution in [0.2, 0.25) is 0 Å². The molecule has 0 saturated carbocycles. The summed E-state index contributed by atoms with van der Waals surface area (Å²) in [6.07, 6.45) is 2.06. The molecule has 0 bridgehead atoms. The molecule has 1 aliphatic rings. The first-order valence-electron chi connectivity index (χ1n) is 9.33. The molecule has 140 valence electrons. The van der Waals surface area contributed by atoms with E-state index < -0.39 is 0 Å². The topological polar surface area (TPSA) is 46.4 Å². The highest BCUT2D eigenvalue weighted by Crippen LogP contribution is 2.31. The smallest absolute Gasteiger partial charge is 0.279 e. The lowest BCUT2D eigenvalue weighted by atomic mass is 9.97. The van der Waals surface area contributed by atoms with E-state index in [2.05, 4.69) is 17.4 Å². The lowest BCUT2D eigenvalue weighted by Crippen LogP contribution is -3.14. The number of amides is 1. The summed E-state index contributed by atoms with van der Waals surface area (Å²) >= 11 is 1.78. The van der Waals surface area contributed by atoms with Gasteiger partial charge in [0.2, 0.25) is 0 Å². The Morgan fingerprint density at radius 3 is 2.78 bits per heavy atom. The quantitative estimate of drug-likeness (QED) is 0.726. The van der Waals surface area contributed by atoms with Crippen molar-refractivity contribution in [3.05, 3.63) is 58.9 Å². The van der Waals surface area contributed by atoms with Gasteiger partial charge in [-0.2, -0.15) is 0 Å². The minimum atomic E-state index is -0.382. The highest BCUT2D eigenvalue weighted by atomic mass is 32.1. The molecule has 0 radical (unpaired) electrons. The first-order valence-corrected chi connectivity index (χ1v) is 10.1. The van der Waals surface area contributed by atoms with Gasteiger partial charge in [-0.05, 0) is 36.8 Å². The minimum Gasteiger partial charge on any atom is -0.327 e. The fraction of sp³-hybridized carbons (Fsp3) is 0.333. The van der Waals surface area contributed by atoms with E-state index in [9.17, 15) is 9.18 Å². The third-order valence-corrected chi connectivity index (χ3v) is 6.36. The second-order valence-corrected chi connectivity index (χ2v) is 8.31. The van der Waals surface area contributed by atoms with Crippen molar-refractivity contribution in [1.29, 1.82) is 0 Å². The number of aromatic nitrogens is 1. The maximum absolute atomic E-state index is 13.9. The highest BCUT2D eigenvalue weighted by molar-refractivity contribution is 7.18. The lowest BCUT2D eigenvalue weighted by Gasteiger charge is -2.27. The number of benzene rings is 2. The summed E-state index contributed by atoms with van der Waals surface area (Å²) in [5.41, 5.74) is 2.18. The summed E-state index contributed by atoms with van der Waals surface area (Å²) in [7, 11) is 0. The summed E-state index contributed by atoms with van der Waals surface area (Å²) in [6.45, 7) is 4.07. The Hall–Kier alpha value is -2.31. The summed E-state index contributed by atoms with van der Waals surface area (Å²) in [6, 6.07) is 13.1. The summed E-state index contributed by atoms with van der Waals surface area (Å²) in [4.78, 5) is 18.3. The molecule has 4 nitrogen and oxygen atoms in total. The number of piperidine rings is 1. The van der Waals surface area contributed by atoms with Crippen molar-refractivity contribution in [2.75, 3.05) is 25.0 Å². The average Bonchev–Trinajstić information content (AvgIpc) is 3.09. The third-order valence-electron chi connectivity index (χ3n) is 5.16. The number of para-hydroxylation sites is 1. The van der Waals surface area contributed by atoms with Gasteiger partial charge in [0, 0.05) is 18.8 Å². The fourth-order valence-corrected chi connectivity index (χ4v) is 4.79. The van der Waals surface area contributed by atoms with E-state index in [1.54, 1.807) is 23.5 Å². The van der Waals surface area contributed by atoms with Crippen LogP contribution in [0.3, 0.4) is 0 Å². The molecule has 1 aliphatic heterocycles. The zero-order valence-corrected chi connectivity index (χ0v) is 16.1. The number of quaternary nitrogens is 1. The molecule has 0 aliphatic carbocycles. The van der Waals surface area contributed by atoms with Crippen LogP contribution in [0.1, 0.15) is 29.3 Å². The Labute approximate surface area is 162 Å². The molecule has 0 atom stereocenters. The van der Waals surface area contributed by atoms with Crippen molar-refractivity contribution in [1.82, 2.24) is 4.98 Å². The number of halogens is 1. The number of likely N-dealkylation sites (tertiary alicyclic amines) is 1.